The normalized spacial score (nSPS) is 16.1. The zero-order valence-electron chi connectivity index (χ0n) is 13.8. The molecule has 4 rings (SSSR count). The predicted molar refractivity (Wildman–Crippen MR) is 93.5 cm³/mol. The van der Waals surface area contributed by atoms with Crippen molar-refractivity contribution in [1.29, 1.82) is 0 Å². The molecular formula is C20H19FN2O. The molecule has 3 aromatic rings. The van der Waals surface area contributed by atoms with Gasteiger partial charge in [-0.1, -0.05) is 38.1 Å². The van der Waals surface area contributed by atoms with E-state index in [-0.39, 0.29) is 16.8 Å². The maximum Gasteiger partial charge on any atom is 0.261 e. The standard InChI is InChI=1S/C20H19FN2O/c1-20(2)10-9-18-22-17-11-13(14-5-3-4-6-16(14)21)7-8-15(17)19(24)23(18)12-20/h3-8,11H,9-10,12H2,1-2H3. The molecule has 3 nitrogen and oxygen atoms in total. The fourth-order valence-corrected chi connectivity index (χ4v) is 3.44. The average Bonchev–Trinajstić information content (AvgIpc) is 2.55. The third kappa shape index (κ3) is 2.42. The van der Waals surface area contributed by atoms with E-state index < -0.39 is 0 Å². The maximum absolute atomic E-state index is 14.0. The lowest BCUT2D eigenvalue weighted by molar-refractivity contribution is 0.240. The highest BCUT2D eigenvalue weighted by Gasteiger charge is 2.27. The Bertz CT molecular complexity index is 1000. The molecule has 0 amide bonds. The first-order valence-electron chi connectivity index (χ1n) is 8.23. The van der Waals surface area contributed by atoms with Crippen LogP contribution in [0.4, 0.5) is 4.39 Å². The number of fused-ring (bicyclic) bond motifs is 2. The monoisotopic (exact) mass is 322 g/mol. The van der Waals surface area contributed by atoms with Crippen molar-refractivity contribution >= 4 is 10.9 Å². The second kappa shape index (κ2) is 5.26. The molecule has 0 aliphatic carbocycles. The van der Waals surface area contributed by atoms with E-state index in [0.29, 0.717) is 23.0 Å². The van der Waals surface area contributed by atoms with Gasteiger partial charge in [0, 0.05) is 18.5 Å². The molecule has 2 aromatic carbocycles. The minimum atomic E-state index is -0.270. The number of rotatable bonds is 1. The lowest BCUT2D eigenvalue weighted by Crippen LogP contribution is -2.36. The first-order valence-corrected chi connectivity index (χ1v) is 8.23. The first kappa shape index (κ1) is 15.1. The van der Waals surface area contributed by atoms with Crippen LogP contribution in [0.1, 0.15) is 26.1 Å². The van der Waals surface area contributed by atoms with Gasteiger partial charge in [-0.15, -0.1) is 0 Å². The third-order valence-corrected chi connectivity index (χ3v) is 4.83. The summed E-state index contributed by atoms with van der Waals surface area (Å²) >= 11 is 0. The molecule has 0 radical (unpaired) electrons. The number of aromatic nitrogens is 2. The average molecular weight is 322 g/mol. The van der Waals surface area contributed by atoms with E-state index in [1.165, 1.54) is 6.07 Å². The third-order valence-electron chi connectivity index (χ3n) is 4.83. The van der Waals surface area contributed by atoms with Crippen LogP contribution in [0.2, 0.25) is 0 Å². The van der Waals surface area contributed by atoms with Crippen LogP contribution in [0.25, 0.3) is 22.0 Å². The molecule has 0 saturated carbocycles. The Morgan fingerprint density at radius 2 is 1.96 bits per heavy atom. The SMILES string of the molecule is CC1(C)CCc2nc3cc(-c4ccccc4F)ccc3c(=O)n2C1. The first-order chi connectivity index (χ1) is 11.4. The van der Waals surface area contributed by atoms with E-state index in [4.69, 9.17) is 4.98 Å². The Morgan fingerprint density at radius 3 is 2.75 bits per heavy atom. The molecule has 0 spiro atoms. The van der Waals surface area contributed by atoms with Crippen LogP contribution in [0.5, 0.6) is 0 Å². The van der Waals surface area contributed by atoms with Gasteiger partial charge in [0.1, 0.15) is 11.6 Å². The summed E-state index contributed by atoms with van der Waals surface area (Å²) in [5, 5.41) is 0.594. The molecule has 0 unspecified atom stereocenters. The Hall–Kier alpha value is -2.49. The van der Waals surface area contributed by atoms with Gasteiger partial charge in [-0.2, -0.15) is 0 Å². The van der Waals surface area contributed by atoms with Gasteiger partial charge in [0.05, 0.1) is 10.9 Å². The van der Waals surface area contributed by atoms with Gasteiger partial charge >= 0.3 is 0 Å². The van der Waals surface area contributed by atoms with Crippen molar-refractivity contribution < 1.29 is 4.39 Å². The Balaban J connectivity index is 1.91. The summed E-state index contributed by atoms with van der Waals surface area (Å²) in [6.45, 7) is 5.04. The zero-order chi connectivity index (χ0) is 16.9. The summed E-state index contributed by atoms with van der Waals surface area (Å²) in [4.78, 5) is 17.5. The topological polar surface area (TPSA) is 34.9 Å². The minimum Gasteiger partial charge on any atom is -0.296 e. The molecule has 0 saturated heterocycles. The van der Waals surface area contributed by atoms with Gasteiger partial charge < -0.3 is 0 Å². The second-order valence-corrected chi connectivity index (χ2v) is 7.30. The summed E-state index contributed by atoms with van der Waals surface area (Å²) in [7, 11) is 0. The highest BCUT2D eigenvalue weighted by Crippen LogP contribution is 2.30. The summed E-state index contributed by atoms with van der Waals surface area (Å²) in [5.74, 6) is 0.561. The van der Waals surface area contributed by atoms with Crippen molar-refractivity contribution in [1.82, 2.24) is 9.55 Å². The van der Waals surface area contributed by atoms with Crippen molar-refractivity contribution in [2.75, 3.05) is 0 Å². The Labute approximate surface area is 139 Å². The summed E-state index contributed by atoms with van der Waals surface area (Å²) in [6, 6.07) is 12.0. The molecule has 1 aromatic heterocycles. The largest absolute Gasteiger partial charge is 0.296 e. The van der Waals surface area contributed by atoms with E-state index in [2.05, 4.69) is 13.8 Å². The molecule has 0 bridgehead atoms. The van der Waals surface area contributed by atoms with Crippen molar-refractivity contribution in [3.05, 3.63) is 64.5 Å². The molecular weight excluding hydrogens is 303 g/mol. The van der Waals surface area contributed by atoms with E-state index in [0.717, 1.165) is 24.2 Å². The predicted octanol–water partition coefficient (Wildman–Crippen LogP) is 4.18. The van der Waals surface area contributed by atoms with Gasteiger partial charge in [-0.05, 0) is 35.6 Å². The van der Waals surface area contributed by atoms with Gasteiger partial charge in [0.15, 0.2) is 0 Å². The molecule has 122 valence electrons. The Kier molecular flexibility index (Phi) is 3.30. The molecule has 2 heterocycles. The van der Waals surface area contributed by atoms with Gasteiger partial charge in [0.2, 0.25) is 0 Å². The van der Waals surface area contributed by atoms with E-state index in [1.54, 1.807) is 34.9 Å². The zero-order valence-corrected chi connectivity index (χ0v) is 13.8. The summed E-state index contributed by atoms with van der Waals surface area (Å²) in [6.07, 6.45) is 1.81. The highest BCUT2D eigenvalue weighted by atomic mass is 19.1. The van der Waals surface area contributed by atoms with Crippen LogP contribution in [0.3, 0.4) is 0 Å². The lowest BCUT2D eigenvalue weighted by Gasteiger charge is -2.31. The molecule has 0 atom stereocenters. The van der Waals surface area contributed by atoms with Crippen LogP contribution in [0.15, 0.2) is 47.3 Å². The van der Waals surface area contributed by atoms with Crippen molar-refractivity contribution in [2.45, 2.75) is 33.2 Å². The fourth-order valence-electron chi connectivity index (χ4n) is 3.44. The molecule has 1 aliphatic heterocycles. The second-order valence-electron chi connectivity index (χ2n) is 7.30. The van der Waals surface area contributed by atoms with Crippen molar-refractivity contribution in [3.8, 4) is 11.1 Å². The molecule has 4 heteroatoms. The summed E-state index contributed by atoms with van der Waals surface area (Å²) < 4.78 is 15.8. The molecule has 0 N–H and O–H groups in total. The van der Waals surface area contributed by atoms with Crippen LogP contribution >= 0.6 is 0 Å². The van der Waals surface area contributed by atoms with Crippen molar-refractivity contribution in [3.63, 3.8) is 0 Å². The van der Waals surface area contributed by atoms with Gasteiger partial charge in [-0.25, -0.2) is 9.37 Å². The quantitative estimate of drug-likeness (QED) is 0.674. The smallest absolute Gasteiger partial charge is 0.261 e. The highest BCUT2D eigenvalue weighted by molar-refractivity contribution is 5.83. The van der Waals surface area contributed by atoms with Crippen LogP contribution in [-0.2, 0) is 13.0 Å². The van der Waals surface area contributed by atoms with Crippen LogP contribution in [-0.4, -0.2) is 9.55 Å². The fraction of sp³-hybridized carbons (Fsp3) is 0.300. The van der Waals surface area contributed by atoms with E-state index >= 15 is 0 Å². The molecule has 1 aliphatic rings. The molecule has 24 heavy (non-hydrogen) atoms. The van der Waals surface area contributed by atoms with E-state index in [9.17, 15) is 9.18 Å². The van der Waals surface area contributed by atoms with Gasteiger partial charge in [0.25, 0.3) is 5.56 Å². The number of halogens is 1. The lowest BCUT2D eigenvalue weighted by atomic mass is 9.85. The number of aryl methyl sites for hydroxylation is 1. The number of hydrogen-bond acceptors (Lipinski definition) is 2. The molecule has 0 fully saturated rings. The van der Waals surface area contributed by atoms with Crippen molar-refractivity contribution in [2.24, 2.45) is 5.41 Å². The van der Waals surface area contributed by atoms with Crippen LogP contribution < -0.4 is 5.56 Å². The minimum absolute atomic E-state index is 0.00265. The number of nitrogens with zero attached hydrogens (tertiary/aromatic N) is 2. The number of benzene rings is 2. The maximum atomic E-state index is 14.0. The van der Waals surface area contributed by atoms with Crippen LogP contribution in [0, 0.1) is 11.2 Å². The number of hydrogen-bond donors (Lipinski definition) is 0. The summed E-state index contributed by atoms with van der Waals surface area (Å²) in [5.41, 5.74) is 2.03. The van der Waals surface area contributed by atoms with E-state index in [1.807, 2.05) is 6.07 Å². The van der Waals surface area contributed by atoms with Gasteiger partial charge in [-0.3, -0.25) is 9.36 Å². The Morgan fingerprint density at radius 1 is 1.17 bits per heavy atom.